The number of halogens is 3. The molecule has 32 valence electrons. The van der Waals surface area contributed by atoms with Crippen molar-refractivity contribution in [3.8, 4) is 0 Å². The Morgan fingerprint density at radius 3 is 0.500 bits per heavy atom. The molecule has 0 radical (unpaired) electrons. The minimum absolute atomic E-state index is 0. The van der Waals surface area contributed by atoms with Gasteiger partial charge in [-0.15, -0.1) is 0 Å². The molecule has 0 bridgehead atoms. The van der Waals surface area contributed by atoms with Crippen LogP contribution in [0.2, 0.25) is 0 Å². The Balaban J connectivity index is 0. The molecule has 4 heavy (non-hydrogen) atoms. The summed E-state index contributed by atoms with van der Waals surface area (Å²) in [4.78, 5) is 0. The molecule has 0 aromatic rings. The van der Waals surface area contributed by atoms with Gasteiger partial charge in [0.05, 0.1) is 0 Å². The average molecular weight is 444 g/mol. The van der Waals surface area contributed by atoms with E-state index >= 15 is 0 Å². The fourth-order valence-corrected chi connectivity index (χ4v) is 0. The molecule has 0 nitrogen and oxygen atoms in total. The van der Waals surface area contributed by atoms with Gasteiger partial charge in [-0.25, -0.2) is 0 Å². The van der Waals surface area contributed by atoms with Gasteiger partial charge in [0.15, 0.2) is 0 Å². The quantitative estimate of drug-likeness (QED) is 0.257. The predicted molar refractivity (Wildman–Crippen MR) is 0 cm³/mol. The Hall–Kier alpha value is 2.71. The van der Waals surface area contributed by atoms with Gasteiger partial charge >= 0.3 is 17.1 Å². The molecule has 0 saturated carbocycles. The summed E-state index contributed by atoms with van der Waals surface area (Å²) >= 11 is 0. The van der Waals surface area contributed by atoms with Gasteiger partial charge in [-0.05, 0) is 0 Å². The van der Waals surface area contributed by atoms with Crippen molar-refractivity contribution in [2.45, 2.75) is 0 Å². The third-order valence-corrected chi connectivity index (χ3v) is 0. The molecule has 0 aromatic carbocycles. The summed E-state index contributed by atoms with van der Waals surface area (Å²) in [5.41, 5.74) is 0. The second-order valence-corrected chi connectivity index (χ2v) is 0. The Labute approximate surface area is 87.4 Å². The van der Waals surface area contributed by atoms with Crippen LogP contribution in [0.25, 0.3) is 0 Å². The molecular weight excluding hydrogens is 444 g/mol. The Kier molecular flexibility index (Phi) is 128. The van der Waals surface area contributed by atoms with Crippen molar-refractivity contribution >= 4 is 0 Å². The molecule has 0 spiro atoms. The molecule has 0 saturated heterocycles. The van der Waals surface area contributed by atoms with Crippen LogP contribution in [0.1, 0.15) is 0 Å². The second kappa shape index (κ2) is 17.2. The molecule has 0 amide bonds. The van der Waals surface area contributed by atoms with Gasteiger partial charge in [0, 0.05) is 0 Å². The number of hydrogen-bond donors (Lipinski definition) is 0. The van der Waals surface area contributed by atoms with Crippen molar-refractivity contribution in [3.05, 3.63) is 0 Å². The van der Waals surface area contributed by atoms with Gasteiger partial charge in [0.1, 0.15) is 0 Å². The Bertz CT molecular complexity index is 3.25. The maximum atomic E-state index is 0. The zero-order valence-corrected chi connectivity index (χ0v) is 8.85. The summed E-state index contributed by atoms with van der Waals surface area (Å²) in [5, 5.41) is 0. The molecule has 0 aliphatic carbocycles. The molecule has 0 rings (SSSR count). The minimum Gasteiger partial charge on any atom is -1.00 e. The molecule has 0 aromatic heterocycles. The van der Waals surface area contributed by atoms with Crippen molar-refractivity contribution in [1.29, 1.82) is 0 Å². The van der Waals surface area contributed by atoms with Crippen molar-refractivity contribution in [2.24, 2.45) is 0 Å². The molecular formula is CuI3. The standard InChI is InChI=1S/Cu.3HI/h;3*1H/q+3;;;/p-3. The molecule has 0 heterocycles. The van der Waals surface area contributed by atoms with Crippen LogP contribution in [0, 0.1) is 0 Å². The summed E-state index contributed by atoms with van der Waals surface area (Å²) in [7, 11) is 0. The van der Waals surface area contributed by atoms with Gasteiger partial charge in [-0.3, -0.25) is 0 Å². The van der Waals surface area contributed by atoms with E-state index < -0.39 is 0 Å². The van der Waals surface area contributed by atoms with Gasteiger partial charge in [-0.1, -0.05) is 0 Å². The molecule has 0 N–H and O–H groups in total. The van der Waals surface area contributed by atoms with Crippen LogP contribution in [0.3, 0.4) is 0 Å². The van der Waals surface area contributed by atoms with E-state index in [2.05, 4.69) is 0 Å². The fraction of sp³-hybridized carbons (Fsp3) is 0. The van der Waals surface area contributed by atoms with Crippen LogP contribution in [0.15, 0.2) is 0 Å². The first-order valence-electron chi connectivity index (χ1n) is 0. The maximum Gasteiger partial charge on any atom is 3.00 e. The van der Waals surface area contributed by atoms with Crippen molar-refractivity contribution in [1.82, 2.24) is 0 Å². The third kappa shape index (κ3) is 8.83. The van der Waals surface area contributed by atoms with Crippen LogP contribution < -0.4 is 71.9 Å². The van der Waals surface area contributed by atoms with Gasteiger partial charge < -0.3 is 71.9 Å². The van der Waals surface area contributed by atoms with Crippen LogP contribution in [-0.4, -0.2) is 0 Å². The van der Waals surface area contributed by atoms with E-state index in [1.165, 1.54) is 0 Å². The van der Waals surface area contributed by atoms with Gasteiger partial charge in [0.25, 0.3) is 0 Å². The van der Waals surface area contributed by atoms with Crippen LogP contribution >= 0.6 is 0 Å². The van der Waals surface area contributed by atoms with E-state index in [1.54, 1.807) is 0 Å². The summed E-state index contributed by atoms with van der Waals surface area (Å²) in [6.45, 7) is 0. The van der Waals surface area contributed by atoms with Crippen LogP contribution in [0.5, 0.6) is 0 Å². The summed E-state index contributed by atoms with van der Waals surface area (Å²) < 4.78 is 0. The zero-order valence-electron chi connectivity index (χ0n) is 1.44. The fourth-order valence-electron chi connectivity index (χ4n) is 0. The van der Waals surface area contributed by atoms with Gasteiger partial charge in [0.2, 0.25) is 0 Å². The van der Waals surface area contributed by atoms with E-state index in [4.69, 9.17) is 0 Å². The predicted octanol–water partition coefficient (Wildman–Crippen LogP) is -8.99. The summed E-state index contributed by atoms with van der Waals surface area (Å²) in [5.74, 6) is 0. The third-order valence-electron chi connectivity index (χ3n) is 0. The summed E-state index contributed by atoms with van der Waals surface area (Å²) in [6.07, 6.45) is 0. The maximum absolute atomic E-state index is 0. The molecule has 4 heteroatoms. The SMILES string of the molecule is [Cu+3].[I-].[I-].[I-]. The first-order valence-corrected chi connectivity index (χ1v) is 0. The first kappa shape index (κ1) is 29.8. The average Bonchev–Trinajstić information content (AvgIpc) is 0. The van der Waals surface area contributed by atoms with E-state index in [-0.39, 0.29) is 89.0 Å². The smallest absolute Gasteiger partial charge is 1.00 e. The monoisotopic (exact) mass is 444 g/mol. The van der Waals surface area contributed by atoms with Crippen molar-refractivity contribution < 1.29 is 89.0 Å². The molecule has 0 unspecified atom stereocenters. The summed E-state index contributed by atoms with van der Waals surface area (Å²) in [6, 6.07) is 0. The van der Waals surface area contributed by atoms with Crippen molar-refractivity contribution in [2.75, 3.05) is 0 Å². The number of hydrogen-bond acceptors (Lipinski definition) is 0. The Morgan fingerprint density at radius 2 is 0.500 bits per heavy atom. The van der Waals surface area contributed by atoms with Crippen LogP contribution in [-0.2, 0) is 17.1 Å². The molecule has 0 aliphatic rings. The number of rotatable bonds is 0. The largest absolute Gasteiger partial charge is 3.00 e. The van der Waals surface area contributed by atoms with E-state index in [0.717, 1.165) is 0 Å². The van der Waals surface area contributed by atoms with E-state index in [1.807, 2.05) is 0 Å². The van der Waals surface area contributed by atoms with Crippen molar-refractivity contribution in [3.63, 3.8) is 0 Å². The topological polar surface area (TPSA) is 0 Å². The van der Waals surface area contributed by atoms with Crippen LogP contribution in [0.4, 0.5) is 0 Å². The second-order valence-electron chi connectivity index (χ2n) is 0. The molecule has 0 fully saturated rings. The molecule has 0 atom stereocenters. The van der Waals surface area contributed by atoms with Gasteiger partial charge in [-0.2, -0.15) is 0 Å². The van der Waals surface area contributed by atoms with E-state index in [9.17, 15) is 0 Å². The zero-order chi connectivity index (χ0) is 0. The first-order chi connectivity index (χ1) is 0. The molecule has 0 aliphatic heterocycles. The normalized spacial score (nSPS) is 0. The van der Waals surface area contributed by atoms with E-state index in [0.29, 0.717) is 0 Å². The minimum atomic E-state index is 0. The Morgan fingerprint density at radius 1 is 0.500 bits per heavy atom.